The second-order valence-corrected chi connectivity index (χ2v) is 15.8. The van der Waals surface area contributed by atoms with Gasteiger partial charge in [-0.05, 0) is 38.5 Å². The molecule has 0 aliphatic carbocycles. The largest absolute Gasteiger partial charge is 0.466 e. The second-order valence-electron chi connectivity index (χ2n) is 15.8. The standard InChI is InChI=1S/C44H84O4/c1-3-5-7-9-22-28-34-40-42(47-40)36-30-24-18-14-11-12-17-21-27-33-39-46-44(45)38-32-26-20-16-13-15-19-25-31-37-43-41(48-43)35-29-23-10-8-6-4-2/h40-43H,3-39H2,1-2H3. The number of hydrogen-bond donors (Lipinski definition) is 0. The van der Waals surface area contributed by atoms with Gasteiger partial charge in [-0.1, -0.05) is 200 Å². The summed E-state index contributed by atoms with van der Waals surface area (Å²) in [5, 5.41) is 0. The maximum absolute atomic E-state index is 12.0. The van der Waals surface area contributed by atoms with Crippen LogP contribution in [0.15, 0.2) is 0 Å². The molecule has 4 unspecified atom stereocenters. The highest BCUT2D eigenvalue weighted by molar-refractivity contribution is 5.69. The highest BCUT2D eigenvalue weighted by Crippen LogP contribution is 2.33. The fraction of sp³-hybridized carbons (Fsp3) is 0.977. The summed E-state index contributed by atoms with van der Waals surface area (Å²) < 4.78 is 17.3. The van der Waals surface area contributed by atoms with Crippen LogP contribution in [0.3, 0.4) is 0 Å². The van der Waals surface area contributed by atoms with Gasteiger partial charge in [-0.25, -0.2) is 0 Å². The molecule has 0 aromatic heterocycles. The molecule has 284 valence electrons. The van der Waals surface area contributed by atoms with Gasteiger partial charge in [-0.3, -0.25) is 4.79 Å². The molecule has 2 aliphatic heterocycles. The second kappa shape index (κ2) is 32.3. The van der Waals surface area contributed by atoms with Crippen LogP contribution >= 0.6 is 0 Å². The van der Waals surface area contributed by atoms with Crippen molar-refractivity contribution < 1.29 is 19.0 Å². The van der Waals surface area contributed by atoms with Crippen molar-refractivity contribution in [1.82, 2.24) is 0 Å². The first-order chi connectivity index (χ1) is 23.7. The van der Waals surface area contributed by atoms with Crippen molar-refractivity contribution in [3.63, 3.8) is 0 Å². The zero-order valence-electron chi connectivity index (χ0n) is 32.6. The normalized spacial score (nSPS) is 20.0. The van der Waals surface area contributed by atoms with E-state index in [0.29, 0.717) is 37.4 Å². The van der Waals surface area contributed by atoms with Crippen LogP contribution in [0.1, 0.15) is 245 Å². The van der Waals surface area contributed by atoms with Crippen LogP contribution in [0.2, 0.25) is 0 Å². The lowest BCUT2D eigenvalue weighted by Crippen LogP contribution is -2.05. The molecule has 2 saturated heterocycles. The molecule has 0 bridgehead atoms. The van der Waals surface area contributed by atoms with Crippen molar-refractivity contribution in [2.45, 2.75) is 269 Å². The lowest BCUT2D eigenvalue weighted by atomic mass is 10.0. The van der Waals surface area contributed by atoms with Gasteiger partial charge in [-0.2, -0.15) is 0 Å². The Balaban J connectivity index is 1.18. The van der Waals surface area contributed by atoms with Gasteiger partial charge in [0, 0.05) is 6.42 Å². The average molecular weight is 677 g/mol. The van der Waals surface area contributed by atoms with E-state index < -0.39 is 0 Å². The molecular weight excluding hydrogens is 592 g/mol. The summed E-state index contributed by atoms with van der Waals surface area (Å²) in [6.07, 6.45) is 49.5. The van der Waals surface area contributed by atoms with E-state index in [0.717, 1.165) is 12.8 Å². The van der Waals surface area contributed by atoms with Crippen LogP contribution in [0.25, 0.3) is 0 Å². The molecule has 4 nitrogen and oxygen atoms in total. The van der Waals surface area contributed by atoms with Crippen LogP contribution < -0.4 is 0 Å². The number of carbonyl (C=O) groups is 1. The van der Waals surface area contributed by atoms with Crippen molar-refractivity contribution in [3.8, 4) is 0 Å². The molecule has 0 aromatic rings. The number of rotatable bonds is 39. The Labute approximate surface area is 300 Å². The Morgan fingerprint density at radius 3 is 0.979 bits per heavy atom. The molecule has 2 rings (SSSR count). The minimum atomic E-state index is 0.0189. The number of ether oxygens (including phenoxy) is 3. The third kappa shape index (κ3) is 27.2. The number of unbranched alkanes of at least 4 members (excludes halogenated alkanes) is 27. The lowest BCUT2D eigenvalue weighted by molar-refractivity contribution is -0.143. The van der Waals surface area contributed by atoms with E-state index in [9.17, 15) is 4.79 Å². The van der Waals surface area contributed by atoms with Crippen molar-refractivity contribution in [3.05, 3.63) is 0 Å². The van der Waals surface area contributed by atoms with Crippen LogP contribution in [0.5, 0.6) is 0 Å². The molecule has 0 aromatic carbocycles. The van der Waals surface area contributed by atoms with Crippen molar-refractivity contribution in [2.24, 2.45) is 0 Å². The van der Waals surface area contributed by atoms with Gasteiger partial charge in [0.2, 0.25) is 0 Å². The molecule has 2 fully saturated rings. The highest BCUT2D eigenvalue weighted by atomic mass is 16.6. The monoisotopic (exact) mass is 677 g/mol. The SMILES string of the molecule is CCCCCCCCC1OC1CCCCCCCCCCCCOC(=O)CCCCCCCCCCCC1OC1CCCCCCCC. The van der Waals surface area contributed by atoms with Crippen molar-refractivity contribution >= 4 is 5.97 Å². The third-order valence-corrected chi connectivity index (χ3v) is 11.1. The molecule has 0 N–H and O–H groups in total. The summed E-state index contributed by atoms with van der Waals surface area (Å²) in [6.45, 7) is 5.19. The Morgan fingerprint density at radius 1 is 0.375 bits per heavy atom. The van der Waals surface area contributed by atoms with Crippen LogP contribution in [0.4, 0.5) is 0 Å². The molecule has 2 aliphatic rings. The van der Waals surface area contributed by atoms with Gasteiger partial charge in [0.05, 0.1) is 31.0 Å². The van der Waals surface area contributed by atoms with E-state index in [1.165, 1.54) is 212 Å². The van der Waals surface area contributed by atoms with Crippen LogP contribution in [-0.4, -0.2) is 37.0 Å². The van der Waals surface area contributed by atoms with Gasteiger partial charge in [0.1, 0.15) is 0 Å². The number of carbonyl (C=O) groups excluding carboxylic acids is 1. The zero-order chi connectivity index (χ0) is 34.2. The molecule has 2 heterocycles. The molecule has 4 atom stereocenters. The van der Waals surface area contributed by atoms with Crippen molar-refractivity contribution in [2.75, 3.05) is 6.61 Å². The first-order valence-corrected chi connectivity index (χ1v) is 22.2. The predicted octanol–water partition coefficient (Wildman–Crippen LogP) is 14.1. The zero-order valence-corrected chi connectivity index (χ0v) is 32.6. The molecule has 0 spiro atoms. The number of epoxide rings is 2. The minimum Gasteiger partial charge on any atom is -0.466 e. The topological polar surface area (TPSA) is 51.4 Å². The summed E-state index contributed by atoms with van der Waals surface area (Å²) in [5.74, 6) is 0.0189. The molecule has 48 heavy (non-hydrogen) atoms. The first-order valence-electron chi connectivity index (χ1n) is 22.2. The Morgan fingerprint density at radius 2 is 0.646 bits per heavy atom. The van der Waals surface area contributed by atoms with Crippen molar-refractivity contribution in [1.29, 1.82) is 0 Å². The summed E-state index contributed by atoms with van der Waals surface area (Å²) in [4.78, 5) is 12.0. The fourth-order valence-corrected chi connectivity index (χ4v) is 7.60. The minimum absolute atomic E-state index is 0.0189. The average Bonchev–Trinajstić information content (AvgIpc) is 4.02. The summed E-state index contributed by atoms with van der Waals surface area (Å²) in [6, 6.07) is 0. The number of esters is 1. The third-order valence-electron chi connectivity index (χ3n) is 11.1. The highest BCUT2D eigenvalue weighted by Gasteiger charge is 2.37. The van der Waals surface area contributed by atoms with Crippen LogP contribution in [0, 0.1) is 0 Å². The van der Waals surface area contributed by atoms with Gasteiger partial charge < -0.3 is 14.2 Å². The Hall–Kier alpha value is -0.610. The van der Waals surface area contributed by atoms with Gasteiger partial charge in [0.25, 0.3) is 0 Å². The van der Waals surface area contributed by atoms with E-state index in [1.807, 2.05) is 0 Å². The Bertz CT molecular complexity index is 695. The maximum atomic E-state index is 12.0. The van der Waals surface area contributed by atoms with E-state index >= 15 is 0 Å². The van der Waals surface area contributed by atoms with Gasteiger partial charge in [0.15, 0.2) is 0 Å². The summed E-state index contributed by atoms with van der Waals surface area (Å²) in [7, 11) is 0. The van der Waals surface area contributed by atoms with Gasteiger partial charge >= 0.3 is 5.97 Å². The van der Waals surface area contributed by atoms with E-state index in [2.05, 4.69) is 13.8 Å². The van der Waals surface area contributed by atoms with E-state index in [-0.39, 0.29) is 5.97 Å². The number of hydrogen-bond acceptors (Lipinski definition) is 4. The summed E-state index contributed by atoms with van der Waals surface area (Å²) in [5.41, 5.74) is 0. The molecule has 0 radical (unpaired) electrons. The quantitative estimate of drug-likeness (QED) is 0.0369. The smallest absolute Gasteiger partial charge is 0.305 e. The lowest BCUT2D eigenvalue weighted by Gasteiger charge is -2.06. The maximum Gasteiger partial charge on any atom is 0.305 e. The predicted molar refractivity (Wildman–Crippen MR) is 206 cm³/mol. The summed E-state index contributed by atoms with van der Waals surface area (Å²) >= 11 is 0. The molecular formula is C44H84O4. The van der Waals surface area contributed by atoms with E-state index in [4.69, 9.17) is 14.2 Å². The first kappa shape index (κ1) is 43.6. The molecule has 0 saturated carbocycles. The van der Waals surface area contributed by atoms with Gasteiger partial charge in [-0.15, -0.1) is 0 Å². The van der Waals surface area contributed by atoms with Crippen LogP contribution in [-0.2, 0) is 19.0 Å². The van der Waals surface area contributed by atoms with E-state index in [1.54, 1.807) is 0 Å². The molecule has 4 heteroatoms. The fourth-order valence-electron chi connectivity index (χ4n) is 7.60. The molecule has 0 amide bonds. The Kier molecular flexibility index (Phi) is 29.3.